The number of rotatable bonds is 8. The number of aryl methyl sites for hydroxylation is 1. The largest absolute Gasteiger partial charge is 0.343 e. The van der Waals surface area contributed by atoms with Crippen molar-refractivity contribution >= 4 is 28.3 Å². The number of amides is 2. The maximum atomic E-state index is 12.3. The van der Waals surface area contributed by atoms with Gasteiger partial charge in [-0.15, -0.1) is 10.2 Å². The van der Waals surface area contributed by atoms with Crippen molar-refractivity contribution in [2.24, 2.45) is 0 Å². The molecule has 0 spiro atoms. The van der Waals surface area contributed by atoms with E-state index in [2.05, 4.69) is 27.8 Å². The number of carbonyl (C=O) groups is 2. The molecule has 1 heterocycles. The van der Waals surface area contributed by atoms with Crippen molar-refractivity contribution in [3.63, 3.8) is 0 Å². The van der Waals surface area contributed by atoms with Crippen molar-refractivity contribution in [1.82, 2.24) is 15.5 Å². The van der Waals surface area contributed by atoms with Crippen LogP contribution < -0.4 is 10.6 Å². The fourth-order valence-electron chi connectivity index (χ4n) is 2.60. The Hall–Kier alpha value is -3.06. The number of unbranched alkanes of at least 4 members (excludes halogenated alkanes) is 1. The van der Waals surface area contributed by atoms with E-state index in [4.69, 9.17) is 0 Å². The molecule has 144 valence electrons. The Morgan fingerprint density at radius 1 is 0.964 bits per heavy atom. The normalized spacial score (nSPS) is 10.5. The maximum absolute atomic E-state index is 12.3. The fraction of sp³-hybridized carbons (Fsp3) is 0.238. The predicted octanol–water partition coefficient (Wildman–Crippen LogP) is 3.92. The highest BCUT2D eigenvalue weighted by molar-refractivity contribution is 7.15. The van der Waals surface area contributed by atoms with E-state index in [0.717, 1.165) is 35.4 Å². The molecule has 0 aliphatic rings. The predicted molar refractivity (Wildman–Crippen MR) is 111 cm³/mol. The van der Waals surface area contributed by atoms with E-state index < -0.39 is 0 Å². The molecule has 0 saturated carbocycles. The summed E-state index contributed by atoms with van der Waals surface area (Å²) >= 11 is 1.36. The third-order valence-electron chi connectivity index (χ3n) is 4.12. The van der Waals surface area contributed by atoms with Gasteiger partial charge >= 0.3 is 0 Å². The first-order valence-electron chi connectivity index (χ1n) is 9.21. The van der Waals surface area contributed by atoms with Crippen LogP contribution in [0.5, 0.6) is 0 Å². The molecule has 0 radical (unpaired) electrons. The lowest BCUT2D eigenvalue weighted by Gasteiger charge is -2.06. The zero-order valence-corrected chi connectivity index (χ0v) is 16.5. The van der Waals surface area contributed by atoms with Gasteiger partial charge in [-0.05, 0) is 29.7 Å². The second kappa shape index (κ2) is 9.75. The number of aromatic nitrogens is 2. The molecule has 2 N–H and O–H groups in total. The average Bonchev–Trinajstić information content (AvgIpc) is 3.18. The van der Waals surface area contributed by atoms with Crippen molar-refractivity contribution < 1.29 is 9.59 Å². The highest BCUT2D eigenvalue weighted by Gasteiger charge is 2.11. The van der Waals surface area contributed by atoms with Gasteiger partial charge in [0.05, 0.1) is 6.54 Å². The molecule has 2 aromatic carbocycles. The summed E-state index contributed by atoms with van der Waals surface area (Å²) in [6.45, 7) is 1.99. The summed E-state index contributed by atoms with van der Waals surface area (Å²) in [4.78, 5) is 24.3. The molecule has 6 nitrogen and oxygen atoms in total. The zero-order chi connectivity index (χ0) is 19.8. The summed E-state index contributed by atoms with van der Waals surface area (Å²) in [5.74, 6) is -0.622. The highest BCUT2D eigenvalue weighted by Crippen LogP contribution is 2.19. The molecule has 1 aromatic heterocycles. The van der Waals surface area contributed by atoms with E-state index in [0.29, 0.717) is 10.7 Å². The summed E-state index contributed by atoms with van der Waals surface area (Å²) < 4.78 is 0. The van der Waals surface area contributed by atoms with E-state index in [1.807, 2.05) is 42.5 Å². The molecule has 0 fully saturated rings. The first-order chi connectivity index (χ1) is 13.7. The van der Waals surface area contributed by atoms with Gasteiger partial charge in [-0.3, -0.25) is 14.9 Å². The number of nitrogens with zero attached hydrogens (tertiary/aromatic N) is 2. The molecule has 7 heteroatoms. The Morgan fingerprint density at radius 3 is 2.39 bits per heavy atom. The van der Waals surface area contributed by atoms with Gasteiger partial charge in [-0.1, -0.05) is 67.1 Å². The molecular formula is C21H22N4O2S. The number of anilines is 1. The molecule has 0 atom stereocenters. The summed E-state index contributed by atoms with van der Waals surface area (Å²) in [5, 5.41) is 14.7. The van der Waals surface area contributed by atoms with Gasteiger partial charge in [0, 0.05) is 12.0 Å². The van der Waals surface area contributed by atoms with Gasteiger partial charge in [-0.2, -0.15) is 0 Å². The number of nitrogens with one attached hydrogen (secondary N) is 2. The zero-order valence-electron chi connectivity index (χ0n) is 15.6. The van der Waals surface area contributed by atoms with Crippen LogP contribution in [-0.4, -0.2) is 28.6 Å². The molecule has 0 saturated heterocycles. The Kier molecular flexibility index (Phi) is 6.86. The SMILES string of the molecule is CCCCc1nnc(NC(=O)CNC(=O)c2ccc(-c3ccccc3)cc2)s1. The molecule has 0 bridgehead atoms. The van der Waals surface area contributed by atoms with Crippen LogP contribution in [0.25, 0.3) is 11.1 Å². The summed E-state index contributed by atoms with van der Waals surface area (Å²) in [6, 6.07) is 17.2. The number of carbonyl (C=O) groups excluding carboxylic acids is 2. The van der Waals surface area contributed by atoms with E-state index in [1.165, 1.54) is 11.3 Å². The first kappa shape index (κ1) is 19.7. The number of hydrogen-bond donors (Lipinski definition) is 2. The van der Waals surface area contributed by atoms with E-state index in [-0.39, 0.29) is 18.4 Å². The minimum absolute atomic E-state index is 0.122. The quantitative estimate of drug-likeness (QED) is 0.607. The molecule has 0 unspecified atom stereocenters. The third-order valence-corrected chi connectivity index (χ3v) is 5.02. The average molecular weight is 395 g/mol. The highest BCUT2D eigenvalue weighted by atomic mass is 32.1. The van der Waals surface area contributed by atoms with Gasteiger partial charge in [0.25, 0.3) is 5.91 Å². The molecule has 3 rings (SSSR count). The van der Waals surface area contributed by atoms with Crippen LogP contribution in [0.1, 0.15) is 35.1 Å². The van der Waals surface area contributed by atoms with Crippen LogP contribution in [0.3, 0.4) is 0 Å². The minimum atomic E-state index is -0.326. The Bertz CT molecular complexity index is 923. The Labute approximate surface area is 168 Å². The van der Waals surface area contributed by atoms with Gasteiger partial charge in [0.15, 0.2) is 0 Å². The monoisotopic (exact) mass is 394 g/mol. The smallest absolute Gasteiger partial charge is 0.251 e. The van der Waals surface area contributed by atoms with Crippen LogP contribution in [-0.2, 0) is 11.2 Å². The number of benzene rings is 2. The van der Waals surface area contributed by atoms with E-state index >= 15 is 0 Å². The van der Waals surface area contributed by atoms with Crippen LogP contribution in [0.15, 0.2) is 54.6 Å². The van der Waals surface area contributed by atoms with Crippen molar-refractivity contribution in [2.45, 2.75) is 26.2 Å². The van der Waals surface area contributed by atoms with Gasteiger partial charge in [-0.25, -0.2) is 0 Å². The molecule has 0 aliphatic carbocycles. The maximum Gasteiger partial charge on any atom is 0.251 e. The Morgan fingerprint density at radius 2 is 1.68 bits per heavy atom. The van der Waals surface area contributed by atoms with E-state index in [9.17, 15) is 9.59 Å². The second-order valence-electron chi connectivity index (χ2n) is 6.28. The van der Waals surface area contributed by atoms with Crippen molar-refractivity contribution in [3.8, 4) is 11.1 Å². The molecule has 2 amide bonds. The summed E-state index contributed by atoms with van der Waals surface area (Å²) in [6.07, 6.45) is 2.99. The van der Waals surface area contributed by atoms with Crippen LogP contribution in [0, 0.1) is 0 Å². The molecular weight excluding hydrogens is 372 g/mol. The van der Waals surface area contributed by atoms with E-state index in [1.54, 1.807) is 12.1 Å². The van der Waals surface area contributed by atoms with Crippen molar-refractivity contribution in [2.75, 3.05) is 11.9 Å². The summed E-state index contributed by atoms with van der Waals surface area (Å²) in [7, 11) is 0. The molecule has 28 heavy (non-hydrogen) atoms. The summed E-state index contributed by atoms with van der Waals surface area (Å²) in [5.41, 5.74) is 2.62. The van der Waals surface area contributed by atoms with Crippen LogP contribution in [0.2, 0.25) is 0 Å². The van der Waals surface area contributed by atoms with Crippen molar-refractivity contribution in [1.29, 1.82) is 0 Å². The fourth-order valence-corrected chi connectivity index (χ4v) is 3.40. The van der Waals surface area contributed by atoms with Gasteiger partial charge < -0.3 is 5.32 Å². The van der Waals surface area contributed by atoms with Crippen LogP contribution in [0.4, 0.5) is 5.13 Å². The Balaban J connectivity index is 1.49. The van der Waals surface area contributed by atoms with Crippen molar-refractivity contribution in [3.05, 3.63) is 65.2 Å². The second-order valence-corrected chi connectivity index (χ2v) is 7.34. The standard InChI is InChI=1S/C21H22N4O2S/c1-2-3-9-19-24-25-21(28-19)23-18(26)14-22-20(27)17-12-10-16(11-13-17)15-7-5-4-6-8-15/h4-8,10-13H,2-3,9,14H2,1H3,(H,22,27)(H,23,25,26). The number of hydrogen-bond acceptors (Lipinski definition) is 5. The van der Waals surface area contributed by atoms with Crippen LogP contribution >= 0.6 is 11.3 Å². The molecule has 0 aliphatic heterocycles. The lowest BCUT2D eigenvalue weighted by molar-refractivity contribution is -0.115. The topological polar surface area (TPSA) is 84.0 Å². The lowest BCUT2D eigenvalue weighted by atomic mass is 10.0. The third kappa shape index (κ3) is 5.47. The first-order valence-corrected chi connectivity index (χ1v) is 10.0. The van der Waals surface area contributed by atoms with Gasteiger partial charge in [0.1, 0.15) is 5.01 Å². The van der Waals surface area contributed by atoms with Gasteiger partial charge in [0.2, 0.25) is 11.0 Å². The lowest BCUT2D eigenvalue weighted by Crippen LogP contribution is -2.32. The molecule has 3 aromatic rings. The minimum Gasteiger partial charge on any atom is -0.343 e.